The van der Waals surface area contributed by atoms with E-state index in [1.165, 1.54) is 17.8 Å². The highest BCUT2D eigenvalue weighted by Gasteiger charge is 2.13. The predicted octanol–water partition coefficient (Wildman–Crippen LogP) is 2.37. The van der Waals surface area contributed by atoms with Crippen LogP contribution in [0.25, 0.3) is 0 Å². The van der Waals surface area contributed by atoms with E-state index in [0.29, 0.717) is 10.6 Å². The Bertz CT molecular complexity index is 409. The van der Waals surface area contributed by atoms with E-state index in [-0.39, 0.29) is 23.5 Å². The maximum Gasteiger partial charge on any atom is 0.232 e. The summed E-state index contributed by atoms with van der Waals surface area (Å²) in [5, 5.41) is 0. The lowest BCUT2D eigenvalue weighted by Crippen LogP contribution is -2.34. The van der Waals surface area contributed by atoms with Crippen LogP contribution in [0.15, 0.2) is 23.1 Å². The molecule has 94 valence electrons. The summed E-state index contributed by atoms with van der Waals surface area (Å²) in [6.45, 7) is 3.87. The molecule has 1 rings (SSSR count). The molecule has 0 aromatic heterocycles. The third kappa shape index (κ3) is 3.93. The van der Waals surface area contributed by atoms with Gasteiger partial charge in [0, 0.05) is 23.7 Å². The molecule has 1 aromatic carbocycles. The molecule has 0 aliphatic carbocycles. The summed E-state index contributed by atoms with van der Waals surface area (Å²) in [7, 11) is 1.74. The number of halogens is 1. The van der Waals surface area contributed by atoms with Crippen molar-refractivity contribution in [1.29, 1.82) is 0 Å². The van der Waals surface area contributed by atoms with Crippen LogP contribution in [0.1, 0.15) is 13.8 Å². The normalized spacial score (nSPS) is 10.6. The summed E-state index contributed by atoms with van der Waals surface area (Å²) in [4.78, 5) is 13.8. The zero-order valence-corrected chi connectivity index (χ0v) is 11.1. The Morgan fingerprint density at radius 3 is 2.71 bits per heavy atom. The molecule has 0 saturated carbocycles. The second kappa shape index (κ2) is 5.91. The molecule has 0 aliphatic heterocycles. The first kappa shape index (κ1) is 13.8. The zero-order valence-electron chi connectivity index (χ0n) is 10.2. The average molecular weight is 256 g/mol. The van der Waals surface area contributed by atoms with Gasteiger partial charge in [0.05, 0.1) is 5.75 Å². The van der Waals surface area contributed by atoms with Gasteiger partial charge in [-0.2, -0.15) is 0 Å². The van der Waals surface area contributed by atoms with Crippen LogP contribution < -0.4 is 5.73 Å². The minimum atomic E-state index is -0.380. The Kier molecular flexibility index (Phi) is 4.81. The van der Waals surface area contributed by atoms with Crippen molar-refractivity contribution in [2.75, 3.05) is 18.5 Å². The van der Waals surface area contributed by atoms with Gasteiger partial charge in [-0.1, -0.05) is 0 Å². The summed E-state index contributed by atoms with van der Waals surface area (Å²) in [5.74, 6) is -0.161. The van der Waals surface area contributed by atoms with E-state index in [2.05, 4.69) is 0 Å². The molecule has 2 N–H and O–H groups in total. The number of hydrogen-bond donors (Lipinski definition) is 1. The summed E-state index contributed by atoms with van der Waals surface area (Å²) in [5.41, 5.74) is 5.83. The summed E-state index contributed by atoms with van der Waals surface area (Å²) >= 11 is 1.19. The van der Waals surface area contributed by atoms with Crippen LogP contribution in [0.4, 0.5) is 10.1 Å². The van der Waals surface area contributed by atoms with Crippen molar-refractivity contribution in [2.24, 2.45) is 0 Å². The smallest absolute Gasteiger partial charge is 0.232 e. The minimum absolute atomic E-state index is 0.0128. The molecule has 0 heterocycles. The number of nitrogens with two attached hydrogens (primary N) is 1. The van der Waals surface area contributed by atoms with E-state index in [9.17, 15) is 9.18 Å². The van der Waals surface area contributed by atoms with Crippen molar-refractivity contribution in [2.45, 2.75) is 24.8 Å². The van der Waals surface area contributed by atoms with Crippen molar-refractivity contribution in [1.82, 2.24) is 4.90 Å². The third-order valence-electron chi connectivity index (χ3n) is 2.48. The molecule has 0 bridgehead atoms. The number of amides is 1. The molecule has 0 atom stereocenters. The van der Waals surface area contributed by atoms with E-state index < -0.39 is 0 Å². The van der Waals surface area contributed by atoms with E-state index in [1.54, 1.807) is 24.1 Å². The Hall–Kier alpha value is -1.23. The maximum atomic E-state index is 13.4. The molecule has 5 heteroatoms. The van der Waals surface area contributed by atoms with Crippen molar-refractivity contribution in [3.63, 3.8) is 0 Å². The maximum absolute atomic E-state index is 13.4. The van der Waals surface area contributed by atoms with Crippen LogP contribution in [0, 0.1) is 5.82 Å². The van der Waals surface area contributed by atoms with Gasteiger partial charge in [0.1, 0.15) is 5.82 Å². The fourth-order valence-corrected chi connectivity index (χ4v) is 2.01. The van der Waals surface area contributed by atoms with Crippen molar-refractivity contribution in [3.8, 4) is 0 Å². The van der Waals surface area contributed by atoms with Gasteiger partial charge < -0.3 is 10.6 Å². The Morgan fingerprint density at radius 1 is 1.53 bits per heavy atom. The van der Waals surface area contributed by atoms with E-state index in [0.717, 1.165) is 0 Å². The van der Waals surface area contributed by atoms with Crippen molar-refractivity contribution >= 4 is 23.4 Å². The Labute approximate surface area is 105 Å². The van der Waals surface area contributed by atoms with Crippen molar-refractivity contribution < 1.29 is 9.18 Å². The molecular weight excluding hydrogens is 239 g/mol. The number of carbonyl (C=O) groups excluding carboxylic acids is 1. The number of thioether (sulfide) groups is 1. The molecular formula is C12H17FN2OS. The highest BCUT2D eigenvalue weighted by Crippen LogP contribution is 2.23. The van der Waals surface area contributed by atoms with E-state index >= 15 is 0 Å². The Morgan fingerprint density at radius 2 is 2.18 bits per heavy atom. The summed E-state index contributed by atoms with van der Waals surface area (Å²) in [6.07, 6.45) is 0. The first-order chi connectivity index (χ1) is 7.91. The SMILES string of the molecule is CC(C)N(C)C(=O)CSc1ccc(N)cc1F. The first-order valence-electron chi connectivity index (χ1n) is 5.35. The molecule has 0 spiro atoms. The van der Waals surface area contributed by atoms with Crippen LogP contribution in [-0.2, 0) is 4.79 Å². The summed E-state index contributed by atoms with van der Waals surface area (Å²) in [6, 6.07) is 4.64. The van der Waals surface area contributed by atoms with Crippen LogP contribution in [-0.4, -0.2) is 29.6 Å². The monoisotopic (exact) mass is 256 g/mol. The van der Waals surface area contributed by atoms with Gasteiger partial charge >= 0.3 is 0 Å². The number of benzene rings is 1. The molecule has 1 amide bonds. The van der Waals surface area contributed by atoms with Gasteiger partial charge in [-0.3, -0.25) is 4.79 Å². The lowest BCUT2D eigenvalue weighted by atomic mass is 10.3. The quantitative estimate of drug-likeness (QED) is 0.664. The fourth-order valence-electron chi connectivity index (χ4n) is 1.16. The molecule has 0 fully saturated rings. The standard InChI is InChI=1S/C12H17FN2OS/c1-8(2)15(3)12(16)7-17-11-5-4-9(14)6-10(11)13/h4-6,8H,7,14H2,1-3H3. The van der Waals surface area contributed by atoms with Gasteiger partial charge in [-0.25, -0.2) is 4.39 Å². The van der Waals surface area contributed by atoms with E-state index in [4.69, 9.17) is 5.73 Å². The first-order valence-corrected chi connectivity index (χ1v) is 6.34. The number of nitrogens with zero attached hydrogens (tertiary/aromatic N) is 1. The topological polar surface area (TPSA) is 46.3 Å². The van der Waals surface area contributed by atoms with Crippen molar-refractivity contribution in [3.05, 3.63) is 24.0 Å². The highest BCUT2D eigenvalue weighted by atomic mass is 32.2. The van der Waals surface area contributed by atoms with Gasteiger partial charge in [-0.05, 0) is 32.0 Å². The van der Waals surface area contributed by atoms with Crippen LogP contribution in [0.2, 0.25) is 0 Å². The second-order valence-electron chi connectivity index (χ2n) is 4.08. The second-order valence-corrected chi connectivity index (χ2v) is 5.09. The lowest BCUT2D eigenvalue weighted by Gasteiger charge is -2.21. The Balaban J connectivity index is 2.59. The van der Waals surface area contributed by atoms with Gasteiger partial charge in [-0.15, -0.1) is 11.8 Å². The third-order valence-corrected chi connectivity index (χ3v) is 3.51. The van der Waals surface area contributed by atoms with E-state index in [1.807, 2.05) is 13.8 Å². The minimum Gasteiger partial charge on any atom is -0.399 e. The predicted molar refractivity (Wildman–Crippen MR) is 69.4 cm³/mol. The molecule has 0 saturated heterocycles. The molecule has 0 aliphatic rings. The summed E-state index contributed by atoms with van der Waals surface area (Å²) < 4.78 is 13.4. The van der Waals surface area contributed by atoms with Crippen LogP contribution >= 0.6 is 11.8 Å². The number of hydrogen-bond acceptors (Lipinski definition) is 3. The molecule has 0 unspecified atom stereocenters. The fraction of sp³-hybridized carbons (Fsp3) is 0.417. The average Bonchev–Trinajstić information content (AvgIpc) is 2.26. The number of nitrogen functional groups attached to an aromatic ring is 1. The largest absolute Gasteiger partial charge is 0.399 e. The molecule has 3 nitrogen and oxygen atoms in total. The molecule has 17 heavy (non-hydrogen) atoms. The number of carbonyl (C=O) groups is 1. The lowest BCUT2D eigenvalue weighted by molar-refractivity contribution is -0.128. The highest BCUT2D eigenvalue weighted by molar-refractivity contribution is 8.00. The molecule has 0 radical (unpaired) electrons. The molecule has 1 aromatic rings. The van der Waals surface area contributed by atoms with Crippen LogP contribution in [0.3, 0.4) is 0 Å². The zero-order chi connectivity index (χ0) is 13.0. The van der Waals surface area contributed by atoms with Gasteiger partial charge in [0.15, 0.2) is 0 Å². The number of rotatable bonds is 4. The van der Waals surface area contributed by atoms with Crippen LogP contribution in [0.5, 0.6) is 0 Å². The number of anilines is 1. The van der Waals surface area contributed by atoms with Gasteiger partial charge in [0.25, 0.3) is 0 Å². The van der Waals surface area contributed by atoms with Gasteiger partial charge in [0.2, 0.25) is 5.91 Å².